The van der Waals surface area contributed by atoms with Crippen molar-refractivity contribution < 1.29 is 0 Å². The van der Waals surface area contributed by atoms with Crippen molar-refractivity contribution in [3.05, 3.63) is 28.2 Å². The van der Waals surface area contributed by atoms with Crippen LogP contribution in [0.15, 0.2) is 22.7 Å². The molecule has 1 aromatic rings. The number of anilines is 1. The lowest BCUT2D eigenvalue weighted by Gasteiger charge is -2.19. The zero-order valence-corrected chi connectivity index (χ0v) is 11.0. The molecule has 0 bridgehead atoms. The summed E-state index contributed by atoms with van der Waals surface area (Å²) in [6, 6.07) is 7.03. The van der Waals surface area contributed by atoms with Crippen LogP contribution in [0.25, 0.3) is 0 Å². The molecular weight excluding hydrogens is 250 g/mol. The predicted octanol–water partition coefficient (Wildman–Crippen LogP) is 4.36. The SMILES string of the molecule is CCC(Nc1cccc(Br)c1C)C1CC1. The molecule has 82 valence electrons. The van der Waals surface area contributed by atoms with E-state index in [2.05, 4.69) is 53.3 Å². The van der Waals surface area contributed by atoms with Crippen molar-refractivity contribution >= 4 is 21.6 Å². The van der Waals surface area contributed by atoms with E-state index in [1.165, 1.54) is 35.0 Å². The number of halogens is 1. The summed E-state index contributed by atoms with van der Waals surface area (Å²) < 4.78 is 1.19. The lowest BCUT2D eigenvalue weighted by Crippen LogP contribution is -2.21. The van der Waals surface area contributed by atoms with Gasteiger partial charge in [0.25, 0.3) is 0 Å². The quantitative estimate of drug-likeness (QED) is 0.855. The maximum Gasteiger partial charge on any atom is 0.0383 e. The fourth-order valence-electron chi connectivity index (χ4n) is 2.02. The summed E-state index contributed by atoms with van der Waals surface area (Å²) in [6.07, 6.45) is 4.02. The molecule has 2 rings (SSSR count). The minimum absolute atomic E-state index is 0.665. The summed E-state index contributed by atoms with van der Waals surface area (Å²) in [7, 11) is 0. The predicted molar refractivity (Wildman–Crippen MR) is 69.3 cm³/mol. The van der Waals surface area contributed by atoms with Gasteiger partial charge in [0.05, 0.1) is 0 Å². The second-order valence-corrected chi connectivity index (χ2v) is 5.26. The molecule has 1 fully saturated rings. The largest absolute Gasteiger partial charge is 0.382 e. The minimum atomic E-state index is 0.665. The molecule has 0 amide bonds. The molecule has 1 unspecified atom stereocenters. The van der Waals surface area contributed by atoms with Crippen LogP contribution in [0.5, 0.6) is 0 Å². The van der Waals surface area contributed by atoms with E-state index in [9.17, 15) is 0 Å². The van der Waals surface area contributed by atoms with Crippen molar-refractivity contribution in [3.63, 3.8) is 0 Å². The van der Waals surface area contributed by atoms with E-state index in [1.54, 1.807) is 0 Å². The Balaban J connectivity index is 2.11. The summed E-state index contributed by atoms with van der Waals surface area (Å²) in [5.74, 6) is 0.911. The third-order valence-electron chi connectivity index (χ3n) is 3.24. The van der Waals surface area contributed by atoms with Gasteiger partial charge in [-0.25, -0.2) is 0 Å². The van der Waals surface area contributed by atoms with E-state index >= 15 is 0 Å². The van der Waals surface area contributed by atoms with Crippen LogP contribution in [-0.4, -0.2) is 6.04 Å². The minimum Gasteiger partial charge on any atom is -0.382 e. The van der Waals surface area contributed by atoms with E-state index in [1.807, 2.05) is 0 Å². The number of hydrogen-bond donors (Lipinski definition) is 1. The van der Waals surface area contributed by atoms with Gasteiger partial charge in [0.2, 0.25) is 0 Å². The fourth-order valence-corrected chi connectivity index (χ4v) is 2.38. The van der Waals surface area contributed by atoms with Crippen LogP contribution in [0, 0.1) is 12.8 Å². The molecule has 1 saturated carbocycles. The Bertz CT molecular complexity index is 344. The Morgan fingerprint density at radius 1 is 1.47 bits per heavy atom. The number of rotatable bonds is 4. The van der Waals surface area contributed by atoms with Gasteiger partial charge in [0, 0.05) is 16.2 Å². The molecular formula is C13H18BrN. The van der Waals surface area contributed by atoms with Crippen LogP contribution >= 0.6 is 15.9 Å². The molecule has 1 atom stereocenters. The Morgan fingerprint density at radius 3 is 2.80 bits per heavy atom. The average Bonchev–Trinajstić information content (AvgIpc) is 3.04. The molecule has 15 heavy (non-hydrogen) atoms. The van der Waals surface area contributed by atoms with Gasteiger partial charge < -0.3 is 5.32 Å². The van der Waals surface area contributed by atoms with Crippen molar-refractivity contribution in [1.29, 1.82) is 0 Å². The first-order chi connectivity index (χ1) is 7.22. The van der Waals surface area contributed by atoms with Gasteiger partial charge in [-0.05, 0) is 49.8 Å². The van der Waals surface area contributed by atoms with E-state index in [0.717, 1.165) is 5.92 Å². The van der Waals surface area contributed by atoms with Gasteiger partial charge in [-0.1, -0.05) is 28.9 Å². The van der Waals surface area contributed by atoms with Crippen molar-refractivity contribution in [3.8, 4) is 0 Å². The maximum atomic E-state index is 3.67. The van der Waals surface area contributed by atoms with Gasteiger partial charge in [-0.3, -0.25) is 0 Å². The van der Waals surface area contributed by atoms with E-state index in [-0.39, 0.29) is 0 Å². The normalized spacial score (nSPS) is 17.5. The number of hydrogen-bond acceptors (Lipinski definition) is 1. The Morgan fingerprint density at radius 2 is 2.20 bits per heavy atom. The second kappa shape index (κ2) is 4.56. The number of benzene rings is 1. The second-order valence-electron chi connectivity index (χ2n) is 4.41. The molecule has 1 N–H and O–H groups in total. The maximum absolute atomic E-state index is 3.67. The van der Waals surface area contributed by atoms with Crippen molar-refractivity contribution in [2.24, 2.45) is 5.92 Å². The fraction of sp³-hybridized carbons (Fsp3) is 0.538. The highest BCUT2D eigenvalue weighted by molar-refractivity contribution is 9.10. The van der Waals surface area contributed by atoms with Crippen LogP contribution in [0.2, 0.25) is 0 Å². The average molecular weight is 268 g/mol. The third-order valence-corrected chi connectivity index (χ3v) is 4.10. The molecule has 0 spiro atoms. The summed E-state index contributed by atoms with van der Waals surface area (Å²) >= 11 is 3.57. The Kier molecular flexibility index (Phi) is 3.35. The van der Waals surface area contributed by atoms with Gasteiger partial charge in [0.1, 0.15) is 0 Å². The molecule has 1 aromatic carbocycles. The van der Waals surface area contributed by atoms with Crippen LogP contribution in [0.3, 0.4) is 0 Å². The highest BCUT2D eigenvalue weighted by atomic mass is 79.9. The smallest absolute Gasteiger partial charge is 0.0383 e. The zero-order chi connectivity index (χ0) is 10.8. The van der Waals surface area contributed by atoms with Gasteiger partial charge in [-0.15, -0.1) is 0 Å². The first-order valence-corrected chi connectivity index (χ1v) is 6.53. The summed E-state index contributed by atoms with van der Waals surface area (Å²) in [5, 5.41) is 3.67. The van der Waals surface area contributed by atoms with Gasteiger partial charge in [0.15, 0.2) is 0 Å². The lowest BCUT2D eigenvalue weighted by molar-refractivity contribution is 0.616. The van der Waals surface area contributed by atoms with E-state index in [0.29, 0.717) is 6.04 Å². The van der Waals surface area contributed by atoms with Crippen molar-refractivity contribution in [1.82, 2.24) is 0 Å². The molecule has 0 saturated heterocycles. The van der Waals surface area contributed by atoms with Crippen LogP contribution in [0.4, 0.5) is 5.69 Å². The summed E-state index contributed by atoms with van der Waals surface area (Å²) in [4.78, 5) is 0. The van der Waals surface area contributed by atoms with Gasteiger partial charge in [-0.2, -0.15) is 0 Å². The Labute approximate surface area is 100 Å². The molecule has 1 nitrogen and oxygen atoms in total. The van der Waals surface area contributed by atoms with E-state index < -0.39 is 0 Å². The molecule has 0 aliphatic heterocycles. The zero-order valence-electron chi connectivity index (χ0n) is 9.39. The molecule has 0 aromatic heterocycles. The molecule has 2 heteroatoms. The summed E-state index contributed by atoms with van der Waals surface area (Å²) in [6.45, 7) is 4.43. The van der Waals surface area contributed by atoms with Crippen LogP contribution in [0.1, 0.15) is 31.7 Å². The van der Waals surface area contributed by atoms with E-state index in [4.69, 9.17) is 0 Å². The first kappa shape index (κ1) is 11.0. The summed E-state index contributed by atoms with van der Waals surface area (Å²) in [5.41, 5.74) is 2.60. The highest BCUT2D eigenvalue weighted by Gasteiger charge is 2.29. The third kappa shape index (κ3) is 2.54. The van der Waals surface area contributed by atoms with Crippen LogP contribution < -0.4 is 5.32 Å². The number of nitrogens with one attached hydrogen (secondary N) is 1. The molecule has 1 aliphatic rings. The lowest BCUT2D eigenvalue weighted by atomic mass is 10.1. The Hall–Kier alpha value is -0.500. The highest BCUT2D eigenvalue weighted by Crippen LogP contribution is 2.36. The van der Waals surface area contributed by atoms with Gasteiger partial charge >= 0.3 is 0 Å². The molecule has 0 heterocycles. The van der Waals surface area contributed by atoms with Crippen molar-refractivity contribution in [2.45, 2.75) is 39.2 Å². The first-order valence-electron chi connectivity index (χ1n) is 5.74. The molecule has 1 aliphatic carbocycles. The topological polar surface area (TPSA) is 12.0 Å². The monoisotopic (exact) mass is 267 g/mol. The standard InChI is InChI=1S/C13H18BrN/c1-3-12(10-7-8-10)15-13-6-4-5-11(14)9(13)2/h4-6,10,12,15H,3,7-8H2,1-2H3. The molecule has 0 radical (unpaired) electrons. The van der Waals surface area contributed by atoms with Crippen molar-refractivity contribution in [2.75, 3.05) is 5.32 Å². The van der Waals surface area contributed by atoms with Crippen LogP contribution in [-0.2, 0) is 0 Å².